The van der Waals surface area contributed by atoms with Crippen LogP contribution in [0.25, 0.3) is 0 Å². The zero-order valence-corrected chi connectivity index (χ0v) is 15.7. The van der Waals surface area contributed by atoms with E-state index < -0.39 is 9.04 Å². The lowest BCUT2D eigenvalue weighted by Gasteiger charge is -2.32. The van der Waals surface area contributed by atoms with Gasteiger partial charge in [-0.05, 0) is 83.4 Å². The molecule has 1 aliphatic heterocycles. The Kier molecular flexibility index (Phi) is 4.31. The normalized spacial score (nSPS) is 20.1. The van der Waals surface area contributed by atoms with Gasteiger partial charge in [-0.2, -0.15) is 0 Å². The molecule has 0 bridgehead atoms. The SMILES string of the molecule is Cc1cc(O[SiH](C)C)cc(C)c1B1OC(C)(C)C(C)(C)O1. The van der Waals surface area contributed by atoms with Crippen LogP contribution in [-0.2, 0) is 9.31 Å². The fourth-order valence-corrected chi connectivity index (χ4v) is 3.29. The van der Waals surface area contributed by atoms with Gasteiger partial charge in [0.1, 0.15) is 5.75 Å². The zero-order chi connectivity index (χ0) is 16.0. The summed E-state index contributed by atoms with van der Waals surface area (Å²) in [6.07, 6.45) is 0. The second-order valence-electron chi connectivity index (χ2n) is 7.23. The molecule has 0 N–H and O–H groups in total. The molecule has 0 radical (unpaired) electrons. The molecule has 116 valence electrons. The molecule has 1 fully saturated rings. The third-order valence-corrected chi connectivity index (χ3v) is 5.17. The topological polar surface area (TPSA) is 27.7 Å². The molecule has 1 aromatic rings. The zero-order valence-electron chi connectivity index (χ0n) is 14.5. The lowest BCUT2D eigenvalue weighted by Crippen LogP contribution is -2.41. The first kappa shape index (κ1) is 16.6. The number of hydrogen-bond acceptors (Lipinski definition) is 3. The molecular formula is C16H27BO3Si. The van der Waals surface area contributed by atoms with Crippen molar-refractivity contribution in [2.45, 2.75) is 65.8 Å². The molecule has 0 amide bonds. The van der Waals surface area contributed by atoms with Gasteiger partial charge in [-0.25, -0.2) is 0 Å². The summed E-state index contributed by atoms with van der Waals surface area (Å²) < 4.78 is 18.3. The van der Waals surface area contributed by atoms with Crippen LogP contribution < -0.4 is 9.89 Å². The maximum absolute atomic E-state index is 6.18. The predicted molar refractivity (Wildman–Crippen MR) is 91.1 cm³/mol. The Morgan fingerprint density at radius 3 is 1.76 bits per heavy atom. The molecule has 0 unspecified atom stereocenters. The Morgan fingerprint density at radius 2 is 1.38 bits per heavy atom. The molecule has 1 saturated heterocycles. The average molecular weight is 306 g/mol. The van der Waals surface area contributed by atoms with Gasteiger partial charge < -0.3 is 13.7 Å². The largest absolute Gasteiger partial charge is 0.547 e. The summed E-state index contributed by atoms with van der Waals surface area (Å²) in [4.78, 5) is 0. The van der Waals surface area contributed by atoms with Crippen LogP contribution in [-0.4, -0.2) is 27.4 Å². The Morgan fingerprint density at radius 1 is 0.952 bits per heavy atom. The van der Waals surface area contributed by atoms with Crippen molar-refractivity contribution in [1.82, 2.24) is 0 Å². The minimum atomic E-state index is -1.09. The van der Waals surface area contributed by atoms with Crippen molar-refractivity contribution < 1.29 is 13.7 Å². The standard InChI is InChI=1S/C16H27BO3Si/c1-11-9-13(18-21(7)8)10-12(2)14(11)17-19-15(3,4)16(5,6)20-17/h9-10,21H,1-8H3. The maximum atomic E-state index is 6.18. The number of benzene rings is 1. The molecule has 1 heterocycles. The molecule has 1 aliphatic rings. The van der Waals surface area contributed by atoms with Crippen LogP contribution in [0.4, 0.5) is 0 Å². The van der Waals surface area contributed by atoms with Crippen LogP contribution in [0, 0.1) is 13.8 Å². The van der Waals surface area contributed by atoms with Gasteiger partial charge in [0.15, 0.2) is 0 Å². The van der Waals surface area contributed by atoms with Crippen LogP contribution in [0.5, 0.6) is 5.75 Å². The summed E-state index contributed by atoms with van der Waals surface area (Å²) in [6, 6.07) is 4.20. The lowest BCUT2D eigenvalue weighted by molar-refractivity contribution is 0.00578. The first-order valence-corrected chi connectivity index (χ1v) is 10.4. The second-order valence-corrected chi connectivity index (χ2v) is 9.56. The van der Waals surface area contributed by atoms with Crippen molar-refractivity contribution in [2.24, 2.45) is 0 Å². The van der Waals surface area contributed by atoms with E-state index in [1.807, 2.05) is 0 Å². The summed E-state index contributed by atoms with van der Waals surface area (Å²) in [7, 11) is -1.39. The lowest BCUT2D eigenvalue weighted by atomic mass is 9.73. The molecule has 3 nitrogen and oxygen atoms in total. The van der Waals surface area contributed by atoms with E-state index in [2.05, 4.69) is 66.8 Å². The molecule has 0 aliphatic carbocycles. The van der Waals surface area contributed by atoms with Crippen LogP contribution in [0.15, 0.2) is 12.1 Å². The highest BCUT2D eigenvalue weighted by molar-refractivity contribution is 6.63. The summed E-state index contributed by atoms with van der Waals surface area (Å²) in [6.45, 7) is 16.9. The highest BCUT2D eigenvalue weighted by Gasteiger charge is 2.52. The molecule has 0 aromatic heterocycles. The number of rotatable bonds is 3. The van der Waals surface area contributed by atoms with Crippen LogP contribution >= 0.6 is 0 Å². The second kappa shape index (κ2) is 5.45. The van der Waals surface area contributed by atoms with Crippen LogP contribution in [0.2, 0.25) is 13.1 Å². The molecule has 0 spiro atoms. The van der Waals surface area contributed by atoms with Crippen molar-refractivity contribution in [2.75, 3.05) is 0 Å². The summed E-state index contributed by atoms with van der Waals surface area (Å²) in [5.74, 6) is 0.965. The van der Waals surface area contributed by atoms with E-state index in [0.717, 1.165) is 22.3 Å². The highest BCUT2D eigenvalue weighted by atomic mass is 28.3. The molecule has 1 aromatic carbocycles. The molecule has 5 heteroatoms. The third-order valence-electron chi connectivity index (χ3n) is 4.43. The summed E-state index contributed by atoms with van der Waals surface area (Å²) in [5, 5.41) is 0. The van der Waals surface area contributed by atoms with Crippen molar-refractivity contribution in [3.8, 4) is 5.75 Å². The van der Waals surface area contributed by atoms with Crippen molar-refractivity contribution in [3.63, 3.8) is 0 Å². The smallest absolute Gasteiger partial charge is 0.495 e. The van der Waals surface area contributed by atoms with E-state index in [9.17, 15) is 0 Å². The van der Waals surface area contributed by atoms with Gasteiger partial charge in [0.25, 0.3) is 0 Å². The highest BCUT2D eigenvalue weighted by Crippen LogP contribution is 2.37. The van der Waals surface area contributed by atoms with Crippen LogP contribution in [0.3, 0.4) is 0 Å². The van der Waals surface area contributed by atoms with Gasteiger partial charge in [0, 0.05) is 0 Å². The predicted octanol–water partition coefficient (Wildman–Crippen LogP) is 2.96. The number of aryl methyl sites for hydroxylation is 2. The Hall–Kier alpha value is -0.778. The van der Waals surface area contributed by atoms with Crippen LogP contribution in [0.1, 0.15) is 38.8 Å². The third kappa shape index (κ3) is 3.20. The van der Waals surface area contributed by atoms with Gasteiger partial charge in [0.2, 0.25) is 9.04 Å². The monoisotopic (exact) mass is 306 g/mol. The molecule has 0 atom stereocenters. The van der Waals surface area contributed by atoms with Crippen molar-refractivity contribution in [3.05, 3.63) is 23.3 Å². The minimum absolute atomic E-state index is 0.305. The molecular weight excluding hydrogens is 279 g/mol. The molecule has 0 saturated carbocycles. The summed E-state index contributed by atoms with van der Waals surface area (Å²) >= 11 is 0. The van der Waals surface area contributed by atoms with E-state index in [4.69, 9.17) is 13.7 Å². The fraction of sp³-hybridized carbons (Fsp3) is 0.625. The van der Waals surface area contributed by atoms with E-state index in [0.29, 0.717) is 0 Å². The molecule has 21 heavy (non-hydrogen) atoms. The van der Waals surface area contributed by atoms with E-state index in [1.165, 1.54) is 0 Å². The Balaban J connectivity index is 2.34. The van der Waals surface area contributed by atoms with Gasteiger partial charge in [-0.3, -0.25) is 0 Å². The van der Waals surface area contributed by atoms with Crippen molar-refractivity contribution >= 4 is 21.6 Å². The summed E-state index contributed by atoms with van der Waals surface area (Å²) in [5.41, 5.74) is 2.84. The van der Waals surface area contributed by atoms with Crippen molar-refractivity contribution in [1.29, 1.82) is 0 Å². The minimum Gasteiger partial charge on any atom is -0.547 e. The van der Waals surface area contributed by atoms with Gasteiger partial charge in [0.05, 0.1) is 11.2 Å². The maximum Gasteiger partial charge on any atom is 0.495 e. The number of hydrogen-bond donors (Lipinski definition) is 0. The quantitative estimate of drug-likeness (QED) is 0.804. The average Bonchev–Trinajstić information content (AvgIpc) is 2.44. The van der Waals surface area contributed by atoms with E-state index in [-0.39, 0.29) is 18.3 Å². The van der Waals surface area contributed by atoms with Gasteiger partial charge in [-0.1, -0.05) is 0 Å². The first-order chi connectivity index (χ1) is 9.53. The van der Waals surface area contributed by atoms with E-state index >= 15 is 0 Å². The fourth-order valence-electron chi connectivity index (χ4n) is 2.61. The first-order valence-electron chi connectivity index (χ1n) is 7.67. The van der Waals surface area contributed by atoms with Gasteiger partial charge in [-0.15, -0.1) is 0 Å². The molecule has 2 rings (SSSR count). The van der Waals surface area contributed by atoms with Gasteiger partial charge >= 0.3 is 7.12 Å². The Labute approximate surface area is 130 Å². The van der Waals surface area contributed by atoms with E-state index in [1.54, 1.807) is 0 Å². The Bertz CT molecular complexity index is 501.